The maximum Gasteiger partial charge on any atom is 0.160 e. The molecule has 0 amide bonds. The monoisotopic (exact) mass is 311 g/mol. The summed E-state index contributed by atoms with van der Waals surface area (Å²) in [4.78, 5) is 0. The number of furan rings is 1. The fourth-order valence-corrected chi connectivity index (χ4v) is 5.08. The summed E-state index contributed by atoms with van der Waals surface area (Å²) in [5, 5.41) is 3.19. The van der Waals surface area contributed by atoms with Crippen LogP contribution in [0.25, 0.3) is 0 Å². The molecule has 0 radical (unpaired) electrons. The maximum atomic E-state index is 12.5. The molecule has 0 aliphatic heterocycles. The first-order chi connectivity index (χ1) is 10.0. The van der Waals surface area contributed by atoms with E-state index in [-0.39, 0.29) is 11.0 Å². The average Bonchev–Trinajstić information content (AvgIpc) is 3.17. The van der Waals surface area contributed by atoms with Crippen molar-refractivity contribution in [3.63, 3.8) is 0 Å². The van der Waals surface area contributed by atoms with Gasteiger partial charge in [-0.05, 0) is 43.7 Å². The fraction of sp³-hybridized carbons (Fsp3) is 0.750. The van der Waals surface area contributed by atoms with Crippen LogP contribution in [0.3, 0.4) is 0 Å². The molecule has 1 aromatic heterocycles. The standard InChI is InChI=1S/C16H25NO3S/c1-12-3-2-4-16(9-12)21(18,19)11-15-8-7-14(20-15)10-17-13-5-6-13/h7-8,12-13,16-17H,2-6,9-11H2,1H3. The van der Waals surface area contributed by atoms with Gasteiger partial charge in [0.05, 0.1) is 11.8 Å². The molecular weight excluding hydrogens is 286 g/mol. The summed E-state index contributed by atoms with van der Waals surface area (Å²) in [5.41, 5.74) is 0. The Morgan fingerprint density at radius 2 is 1.95 bits per heavy atom. The van der Waals surface area contributed by atoms with Crippen molar-refractivity contribution in [1.82, 2.24) is 5.32 Å². The van der Waals surface area contributed by atoms with E-state index in [4.69, 9.17) is 4.42 Å². The first-order valence-corrected chi connectivity index (χ1v) is 9.77. The Morgan fingerprint density at radius 1 is 1.19 bits per heavy atom. The van der Waals surface area contributed by atoms with Crippen LogP contribution in [0.5, 0.6) is 0 Å². The van der Waals surface area contributed by atoms with Crippen molar-refractivity contribution in [2.24, 2.45) is 5.92 Å². The third kappa shape index (κ3) is 4.10. The Morgan fingerprint density at radius 3 is 2.67 bits per heavy atom. The molecule has 0 saturated heterocycles. The lowest BCUT2D eigenvalue weighted by Gasteiger charge is -2.26. The topological polar surface area (TPSA) is 59.3 Å². The third-order valence-electron chi connectivity index (χ3n) is 4.60. The molecule has 2 aliphatic rings. The van der Waals surface area contributed by atoms with Crippen LogP contribution in [0.1, 0.15) is 57.0 Å². The highest BCUT2D eigenvalue weighted by Crippen LogP contribution is 2.30. The molecule has 118 valence electrons. The van der Waals surface area contributed by atoms with E-state index in [0.717, 1.165) is 31.4 Å². The molecule has 2 aliphatic carbocycles. The lowest BCUT2D eigenvalue weighted by molar-refractivity contribution is 0.380. The predicted molar refractivity (Wildman–Crippen MR) is 82.6 cm³/mol. The molecule has 1 aromatic rings. The second-order valence-corrected chi connectivity index (χ2v) is 9.01. The summed E-state index contributed by atoms with van der Waals surface area (Å²) in [6.45, 7) is 2.85. The highest BCUT2D eigenvalue weighted by molar-refractivity contribution is 7.91. The van der Waals surface area contributed by atoms with E-state index in [2.05, 4.69) is 12.2 Å². The van der Waals surface area contributed by atoms with Crippen molar-refractivity contribution in [2.75, 3.05) is 0 Å². The van der Waals surface area contributed by atoms with Gasteiger partial charge in [0, 0.05) is 6.04 Å². The lowest BCUT2D eigenvalue weighted by atomic mass is 9.91. The van der Waals surface area contributed by atoms with Crippen LogP contribution in [-0.2, 0) is 22.1 Å². The van der Waals surface area contributed by atoms with E-state index in [9.17, 15) is 8.42 Å². The van der Waals surface area contributed by atoms with Crippen LogP contribution in [-0.4, -0.2) is 19.7 Å². The van der Waals surface area contributed by atoms with Gasteiger partial charge in [0.1, 0.15) is 17.3 Å². The maximum absolute atomic E-state index is 12.5. The van der Waals surface area contributed by atoms with Gasteiger partial charge in [-0.3, -0.25) is 0 Å². The third-order valence-corrected chi connectivity index (χ3v) is 6.73. The molecule has 0 aromatic carbocycles. The number of hydrogen-bond acceptors (Lipinski definition) is 4. The van der Waals surface area contributed by atoms with Crippen molar-refractivity contribution in [3.05, 3.63) is 23.7 Å². The summed E-state index contributed by atoms with van der Waals surface area (Å²) in [5.74, 6) is 1.99. The zero-order valence-electron chi connectivity index (χ0n) is 12.7. The van der Waals surface area contributed by atoms with Crippen molar-refractivity contribution >= 4 is 9.84 Å². The quantitative estimate of drug-likeness (QED) is 0.877. The molecular formula is C16H25NO3S. The molecule has 2 saturated carbocycles. The van der Waals surface area contributed by atoms with E-state index in [0.29, 0.717) is 24.3 Å². The molecule has 2 atom stereocenters. The zero-order chi connectivity index (χ0) is 14.9. The van der Waals surface area contributed by atoms with Crippen LogP contribution < -0.4 is 5.32 Å². The van der Waals surface area contributed by atoms with E-state index in [1.54, 1.807) is 0 Å². The fourth-order valence-electron chi connectivity index (χ4n) is 3.15. The highest BCUT2D eigenvalue weighted by atomic mass is 32.2. The number of sulfone groups is 1. The van der Waals surface area contributed by atoms with Crippen LogP contribution in [0, 0.1) is 5.92 Å². The van der Waals surface area contributed by atoms with Gasteiger partial charge in [0.2, 0.25) is 0 Å². The van der Waals surface area contributed by atoms with Crippen LogP contribution in [0.15, 0.2) is 16.5 Å². The van der Waals surface area contributed by atoms with Crippen LogP contribution in [0.2, 0.25) is 0 Å². The van der Waals surface area contributed by atoms with Crippen LogP contribution in [0.4, 0.5) is 0 Å². The van der Waals surface area contributed by atoms with E-state index in [1.807, 2.05) is 12.1 Å². The van der Waals surface area contributed by atoms with Gasteiger partial charge >= 0.3 is 0 Å². The molecule has 3 rings (SSSR count). The van der Waals surface area contributed by atoms with Crippen LogP contribution >= 0.6 is 0 Å². The molecule has 5 heteroatoms. The predicted octanol–water partition coefficient (Wildman–Crippen LogP) is 3.03. The van der Waals surface area contributed by atoms with E-state index >= 15 is 0 Å². The van der Waals surface area contributed by atoms with E-state index in [1.165, 1.54) is 12.8 Å². The Balaban J connectivity index is 1.58. The lowest BCUT2D eigenvalue weighted by Crippen LogP contribution is -2.28. The Hall–Kier alpha value is -0.810. The van der Waals surface area contributed by atoms with Gasteiger partial charge in [0.25, 0.3) is 0 Å². The van der Waals surface area contributed by atoms with E-state index < -0.39 is 9.84 Å². The molecule has 2 unspecified atom stereocenters. The van der Waals surface area contributed by atoms with Gasteiger partial charge in [-0.1, -0.05) is 19.8 Å². The van der Waals surface area contributed by atoms with Crippen molar-refractivity contribution in [1.29, 1.82) is 0 Å². The van der Waals surface area contributed by atoms with Crippen molar-refractivity contribution in [2.45, 2.75) is 69.0 Å². The Bertz CT molecular complexity index is 574. The largest absolute Gasteiger partial charge is 0.464 e. The second-order valence-electron chi connectivity index (χ2n) is 6.72. The summed E-state index contributed by atoms with van der Waals surface area (Å²) >= 11 is 0. The summed E-state index contributed by atoms with van der Waals surface area (Å²) in [7, 11) is -3.09. The van der Waals surface area contributed by atoms with Gasteiger partial charge in [-0.2, -0.15) is 0 Å². The smallest absolute Gasteiger partial charge is 0.160 e. The summed E-state index contributed by atoms with van der Waals surface area (Å²) in [6, 6.07) is 4.34. The molecule has 1 N–H and O–H groups in total. The molecule has 4 nitrogen and oxygen atoms in total. The van der Waals surface area contributed by atoms with Gasteiger partial charge in [-0.25, -0.2) is 8.42 Å². The molecule has 21 heavy (non-hydrogen) atoms. The Kier molecular flexibility index (Phi) is 4.41. The summed E-state index contributed by atoms with van der Waals surface area (Å²) < 4.78 is 30.7. The van der Waals surface area contributed by atoms with Crippen molar-refractivity contribution < 1.29 is 12.8 Å². The van der Waals surface area contributed by atoms with Gasteiger partial charge in [0.15, 0.2) is 9.84 Å². The first kappa shape index (κ1) is 15.1. The minimum Gasteiger partial charge on any atom is -0.464 e. The van der Waals surface area contributed by atoms with Gasteiger partial charge in [-0.15, -0.1) is 0 Å². The Labute approximate surface area is 127 Å². The summed E-state index contributed by atoms with van der Waals surface area (Å²) in [6.07, 6.45) is 6.27. The average molecular weight is 311 g/mol. The zero-order valence-corrected chi connectivity index (χ0v) is 13.5. The molecule has 0 bridgehead atoms. The first-order valence-electron chi connectivity index (χ1n) is 8.05. The normalized spacial score (nSPS) is 26.9. The molecule has 0 spiro atoms. The SMILES string of the molecule is CC1CCCC(S(=O)(=O)Cc2ccc(CNC3CC3)o2)C1. The number of nitrogens with one attached hydrogen (secondary N) is 1. The minimum absolute atomic E-state index is 0.0494. The van der Waals surface area contributed by atoms with Gasteiger partial charge < -0.3 is 9.73 Å². The van der Waals surface area contributed by atoms with Crippen molar-refractivity contribution in [3.8, 4) is 0 Å². The molecule has 1 heterocycles. The number of rotatable bonds is 6. The highest BCUT2D eigenvalue weighted by Gasteiger charge is 2.31. The second kappa shape index (κ2) is 6.13. The molecule has 2 fully saturated rings. The number of hydrogen-bond donors (Lipinski definition) is 1. The minimum atomic E-state index is -3.09.